The fourth-order valence-corrected chi connectivity index (χ4v) is 5.80. The molecule has 12 nitrogen and oxygen atoms in total. The van der Waals surface area contributed by atoms with Gasteiger partial charge in [-0.3, -0.25) is 0 Å². The van der Waals surface area contributed by atoms with Gasteiger partial charge < -0.3 is 50.9 Å². The van der Waals surface area contributed by atoms with E-state index in [0.29, 0.717) is 50.9 Å². The number of phenolic OH excluding ortho intramolecular Hbond substituents is 7. The highest BCUT2D eigenvalue weighted by molar-refractivity contribution is 5.96. The molecule has 0 spiro atoms. The van der Waals surface area contributed by atoms with Crippen LogP contribution < -0.4 is 5.32 Å². The van der Waals surface area contributed by atoms with Crippen molar-refractivity contribution in [1.29, 1.82) is 0 Å². The predicted molar refractivity (Wildman–Crippen MR) is 176 cm³/mol. The van der Waals surface area contributed by atoms with Crippen LogP contribution in [0.25, 0.3) is 28.9 Å². The molecule has 12 heteroatoms. The van der Waals surface area contributed by atoms with E-state index in [2.05, 4.69) is 5.32 Å². The minimum absolute atomic E-state index is 0.00248. The summed E-state index contributed by atoms with van der Waals surface area (Å²) >= 11 is 0. The molecule has 0 amide bonds. The fraction of sp³-hybridized carbons (Fsp3) is 0.167. The summed E-state index contributed by atoms with van der Waals surface area (Å²) in [5.74, 6) is -5.81. The number of hydrogen-bond acceptors (Lipinski definition) is 11. The SMILES string of the molecule is CNCC(c1ccc(O)c(O)c1)C(OC(=O)C=Cc1cc(O)c(O)c2c1C=C(c1cc(O)c(O)cc1-c1cccc(O)c1)CC2)C(=O)O. The highest BCUT2D eigenvalue weighted by atomic mass is 16.6. The van der Waals surface area contributed by atoms with Gasteiger partial charge in [0.1, 0.15) is 5.75 Å². The second-order valence-electron chi connectivity index (χ2n) is 11.3. The van der Waals surface area contributed by atoms with E-state index in [1.807, 2.05) is 0 Å². The molecule has 0 bridgehead atoms. The first-order valence-electron chi connectivity index (χ1n) is 14.8. The van der Waals surface area contributed by atoms with Gasteiger partial charge in [-0.2, -0.15) is 0 Å². The van der Waals surface area contributed by atoms with Gasteiger partial charge in [0, 0.05) is 24.1 Å². The molecule has 248 valence electrons. The van der Waals surface area contributed by atoms with Gasteiger partial charge in [0.25, 0.3) is 0 Å². The monoisotopic (exact) mass is 655 g/mol. The Bertz CT molecular complexity index is 1960. The number of esters is 1. The van der Waals surface area contributed by atoms with Gasteiger partial charge in [-0.1, -0.05) is 24.3 Å². The zero-order chi connectivity index (χ0) is 34.7. The zero-order valence-corrected chi connectivity index (χ0v) is 25.6. The van der Waals surface area contributed by atoms with E-state index in [-0.39, 0.29) is 36.0 Å². The summed E-state index contributed by atoms with van der Waals surface area (Å²) in [5, 5.41) is 84.3. The van der Waals surface area contributed by atoms with Gasteiger partial charge in [-0.15, -0.1) is 0 Å². The molecule has 0 radical (unpaired) electrons. The number of carbonyl (C=O) groups excluding carboxylic acids is 1. The number of aromatic hydroxyl groups is 7. The lowest BCUT2D eigenvalue weighted by Gasteiger charge is -2.24. The standard InChI is InChI=1S/C36H33NO11/c1-37-17-27(21-6-9-28(39)29(40)13-21)35(36(46)47)48-33(44)10-7-20-14-32(43)34(45)23-8-5-19(12-24(20)23)26-16-31(42)30(41)15-25(26)18-3-2-4-22(38)11-18/h2-4,6-7,9-16,27,35,37-43,45H,5,8,17H2,1H3,(H,46,47). The Kier molecular flexibility index (Phi) is 9.48. The van der Waals surface area contributed by atoms with E-state index in [4.69, 9.17) is 4.74 Å². The Morgan fingerprint density at radius 3 is 2.21 bits per heavy atom. The van der Waals surface area contributed by atoms with Crippen molar-refractivity contribution in [2.24, 2.45) is 0 Å². The quantitative estimate of drug-likeness (QED) is 0.0640. The molecule has 1 aliphatic rings. The first kappa shape index (κ1) is 33.2. The van der Waals surface area contributed by atoms with Crippen LogP contribution in [0.4, 0.5) is 0 Å². The van der Waals surface area contributed by atoms with Crippen LogP contribution in [-0.4, -0.2) is 72.5 Å². The first-order valence-corrected chi connectivity index (χ1v) is 14.8. The van der Waals surface area contributed by atoms with Crippen LogP contribution in [-0.2, 0) is 20.7 Å². The molecule has 0 fully saturated rings. The van der Waals surface area contributed by atoms with Gasteiger partial charge in [0.05, 0.1) is 0 Å². The van der Waals surface area contributed by atoms with Gasteiger partial charge in [-0.05, 0) is 107 Å². The molecule has 0 aromatic heterocycles. The van der Waals surface area contributed by atoms with Crippen molar-refractivity contribution in [3.05, 3.63) is 94.6 Å². The molecule has 4 aromatic carbocycles. The number of likely N-dealkylation sites (N-methyl/N-ethyl adjacent to an activating group) is 1. The van der Waals surface area contributed by atoms with Crippen LogP contribution in [0, 0.1) is 0 Å². The van der Waals surface area contributed by atoms with E-state index >= 15 is 0 Å². The lowest BCUT2D eigenvalue weighted by molar-refractivity contribution is -0.162. The summed E-state index contributed by atoms with van der Waals surface area (Å²) < 4.78 is 5.35. The molecule has 0 saturated carbocycles. The Balaban J connectivity index is 1.51. The number of rotatable bonds is 10. The van der Waals surface area contributed by atoms with Gasteiger partial charge >= 0.3 is 11.9 Å². The lowest BCUT2D eigenvalue weighted by Crippen LogP contribution is -2.37. The maximum absolute atomic E-state index is 13.0. The van der Waals surface area contributed by atoms with Crippen LogP contribution in [0.2, 0.25) is 0 Å². The summed E-state index contributed by atoms with van der Waals surface area (Å²) in [7, 11) is 1.57. The molecular weight excluding hydrogens is 622 g/mol. The van der Waals surface area contributed by atoms with E-state index in [1.165, 1.54) is 54.6 Å². The second kappa shape index (κ2) is 13.7. The Morgan fingerprint density at radius 1 is 0.833 bits per heavy atom. The lowest BCUT2D eigenvalue weighted by atomic mass is 9.83. The van der Waals surface area contributed by atoms with Crippen LogP contribution in [0.15, 0.2) is 66.7 Å². The van der Waals surface area contributed by atoms with Crippen molar-refractivity contribution in [3.8, 4) is 51.4 Å². The molecular formula is C36H33NO11. The number of benzene rings is 4. The van der Waals surface area contributed by atoms with Gasteiger partial charge in [0.15, 0.2) is 34.5 Å². The van der Waals surface area contributed by atoms with Crippen molar-refractivity contribution >= 4 is 29.7 Å². The summed E-state index contributed by atoms with van der Waals surface area (Å²) in [6, 6.07) is 14.2. The third kappa shape index (κ3) is 6.83. The second-order valence-corrected chi connectivity index (χ2v) is 11.3. The number of fused-ring (bicyclic) bond motifs is 1. The molecule has 5 rings (SSSR count). The average molecular weight is 656 g/mol. The Labute approximate surface area is 274 Å². The van der Waals surface area contributed by atoms with Crippen LogP contribution in [0.1, 0.15) is 40.2 Å². The van der Waals surface area contributed by atoms with Gasteiger partial charge in [-0.25, -0.2) is 9.59 Å². The topological polar surface area (TPSA) is 217 Å². The van der Waals surface area contributed by atoms with E-state index in [1.54, 1.807) is 25.3 Å². The molecule has 9 N–H and O–H groups in total. The summed E-state index contributed by atoms with van der Waals surface area (Å²) in [4.78, 5) is 25.2. The number of aliphatic carboxylic acids is 1. The fourth-order valence-electron chi connectivity index (χ4n) is 5.80. The van der Waals surface area contributed by atoms with E-state index in [0.717, 1.165) is 6.08 Å². The molecule has 0 aliphatic heterocycles. The number of nitrogens with one attached hydrogen (secondary N) is 1. The predicted octanol–water partition coefficient (Wildman–Crippen LogP) is 4.79. The minimum Gasteiger partial charge on any atom is -0.508 e. The Morgan fingerprint density at radius 2 is 1.54 bits per heavy atom. The maximum atomic E-state index is 13.0. The van der Waals surface area contributed by atoms with E-state index in [9.17, 15) is 50.4 Å². The average Bonchev–Trinajstić information content (AvgIpc) is 3.05. The number of carboxylic acid groups (broad SMARTS) is 1. The highest BCUT2D eigenvalue weighted by Gasteiger charge is 2.33. The molecule has 2 unspecified atom stereocenters. The number of carboxylic acids is 1. The summed E-state index contributed by atoms with van der Waals surface area (Å²) in [5.41, 5.74) is 3.70. The van der Waals surface area contributed by atoms with Crippen molar-refractivity contribution in [1.82, 2.24) is 5.32 Å². The summed E-state index contributed by atoms with van der Waals surface area (Å²) in [6.45, 7) is 0.0441. The number of ether oxygens (including phenoxy) is 1. The third-order valence-electron chi connectivity index (χ3n) is 8.14. The number of phenols is 7. The maximum Gasteiger partial charge on any atom is 0.345 e. The smallest absolute Gasteiger partial charge is 0.345 e. The van der Waals surface area contributed by atoms with Crippen molar-refractivity contribution in [2.45, 2.75) is 24.9 Å². The molecule has 2 atom stereocenters. The summed E-state index contributed by atoms with van der Waals surface area (Å²) in [6.07, 6.45) is 2.92. The van der Waals surface area contributed by atoms with Crippen molar-refractivity contribution < 1.29 is 55.2 Å². The number of hydrogen-bond donors (Lipinski definition) is 9. The molecule has 48 heavy (non-hydrogen) atoms. The minimum atomic E-state index is -1.69. The normalized spacial score (nSPS) is 13.8. The molecule has 1 aliphatic carbocycles. The molecule has 0 heterocycles. The van der Waals surface area contributed by atoms with Crippen molar-refractivity contribution in [2.75, 3.05) is 13.6 Å². The Hall–Kier alpha value is -6.14. The van der Waals surface area contributed by atoms with Crippen molar-refractivity contribution in [3.63, 3.8) is 0 Å². The first-order chi connectivity index (χ1) is 22.9. The van der Waals surface area contributed by atoms with E-state index < -0.39 is 41.2 Å². The molecule has 0 saturated heterocycles. The van der Waals surface area contributed by atoms with Crippen LogP contribution >= 0.6 is 0 Å². The zero-order valence-electron chi connectivity index (χ0n) is 25.6. The largest absolute Gasteiger partial charge is 0.508 e. The van der Waals surface area contributed by atoms with Gasteiger partial charge in [0.2, 0.25) is 6.10 Å². The van der Waals surface area contributed by atoms with Crippen LogP contribution in [0.3, 0.4) is 0 Å². The van der Waals surface area contributed by atoms with Crippen LogP contribution in [0.5, 0.6) is 40.2 Å². The number of carbonyl (C=O) groups is 2. The highest BCUT2D eigenvalue weighted by Crippen LogP contribution is 2.45. The molecule has 4 aromatic rings. The number of allylic oxidation sites excluding steroid dienone is 1. The third-order valence-corrected chi connectivity index (χ3v) is 8.14.